The number of aromatic amines is 1. The summed E-state index contributed by atoms with van der Waals surface area (Å²) in [5.74, 6) is 1.21. The number of nitrogens with one attached hydrogen (secondary N) is 2. The third kappa shape index (κ3) is 3.99. The van der Waals surface area contributed by atoms with E-state index in [2.05, 4.69) is 27.2 Å². The monoisotopic (exact) mass is 395 g/mol. The largest absolute Gasteiger partial charge is 0.351 e. The van der Waals surface area contributed by atoms with Crippen LogP contribution in [-0.4, -0.2) is 39.2 Å². The van der Waals surface area contributed by atoms with Crippen LogP contribution in [0.2, 0.25) is 0 Å². The van der Waals surface area contributed by atoms with Crippen LogP contribution in [0.25, 0.3) is 22.6 Å². The molecule has 2 fully saturated rings. The second-order valence-corrected chi connectivity index (χ2v) is 7.64. The quantitative estimate of drug-likeness (QED) is 0.681. The van der Waals surface area contributed by atoms with Gasteiger partial charge in [-0.15, -0.1) is 0 Å². The number of halogens is 1. The zero-order valence-corrected chi connectivity index (χ0v) is 16.1. The van der Waals surface area contributed by atoms with Crippen LogP contribution < -0.4 is 5.32 Å². The average Bonchev–Trinajstić information content (AvgIpc) is 3.44. The van der Waals surface area contributed by atoms with Gasteiger partial charge in [-0.25, -0.2) is 19.3 Å². The molecule has 0 atom stereocenters. The van der Waals surface area contributed by atoms with Crippen molar-refractivity contribution in [1.29, 1.82) is 0 Å². The fourth-order valence-electron chi connectivity index (χ4n) is 3.24. The van der Waals surface area contributed by atoms with Gasteiger partial charge in [0.1, 0.15) is 5.82 Å². The van der Waals surface area contributed by atoms with Gasteiger partial charge in [-0.1, -0.05) is 6.92 Å². The summed E-state index contributed by atoms with van der Waals surface area (Å²) in [4.78, 5) is 17.0. The molecule has 29 heavy (non-hydrogen) atoms. The topological polar surface area (TPSA) is 85.0 Å². The lowest BCUT2D eigenvalue weighted by Gasteiger charge is -2.25. The van der Waals surface area contributed by atoms with Crippen LogP contribution in [0.1, 0.15) is 31.9 Å². The van der Waals surface area contributed by atoms with E-state index in [1.165, 1.54) is 12.1 Å². The zero-order valence-electron chi connectivity index (χ0n) is 16.1. The molecule has 150 valence electrons. The molecule has 2 aromatic heterocycles. The summed E-state index contributed by atoms with van der Waals surface area (Å²) >= 11 is 0. The normalized spacial score (nSPS) is 21.9. The van der Waals surface area contributed by atoms with Crippen LogP contribution in [0.15, 0.2) is 36.5 Å². The van der Waals surface area contributed by atoms with Crippen molar-refractivity contribution < 1.29 is 13.9 Å². The third-order valence-corrected chi connectivity index (χ3v) is 4.95. The number of rotatable bonds is 5. The van der Waals surface area contributed by atoms with Crippen LogP contribution in [0.4, 0.5) is 10.3 Å². The summed E-state index contributed by atoms with van der Waals surface area (Å²) in [5.41, 5.74) is 2.87. The Kier molecular flexibility index (Phi) is 4.73. The van der Waals surface area contributed by atoms with E-state index in [9.17, 15) is 4.39 Å². The Hall–Kier alpha value is -2.84. The first kappa shape index (κ1) is 18.2. The molecule has 5 rings (SSSR count). The number of hydrogen-bond acceptors (Lipinski definition) is 6. The minimum absolute atomic E-state index is 0.294. The summed E-state index contributed by atoms with van der Waals surface area (Å²) in [6, 6.07) is 8.52. The lowest BCUT2D eigenvalue weighted by Crippen LogP contribution is -2.25. The molecule has 3 aromatic rings. The lowest BCUT2D eigenvalue weighted by atomic mass is 10.1. The van der Waals surface area contributed by atoms with Crippen molar-refractivity contribution in [3.05, 3.63) is 48.2 Å². The summed E-state index contributed by atoms with van der Waals surface area (Å²) in [6.07, 6.45) is 3.43. The maximum Gasteiger partial charge on any atom is 0.223 e. The van der Waals surface area contributed by atoms with Crippen molar-refractivity contribution in [3.63, 3.8) is 0 Å². The number of aromatic nitrogens is 4. The first-order valence-corrected chi connectivity index (χ1v) is 9.85. The molecule has 1 aromatic carbocycles. The number of ether oxygens (including phenoxy) is 2. The highest BCUT2D eigenvalue weighted by molar-refractivity contribution is 5.77. The predicted molar refractivity (Wildman–Crippen MR) is 105 cm³/mol. The molecule has 1 aliphatic heterocycles. The van der Waals surface area contributed by atoms with Crippen LogP contribution in [0, 0.1) is 11.7 Å². The smallest absolute Gasteiger partial charge is 0.223 e. The van der Waals surface area contributed by atoms with Crippen LogP contribution in [0.3, 0.4) is 0 Å². The highest BCUT2D eigenvalue weighted by Crippen LogP contribution is 2.33. The van der Waals surface area contributed by atoms with E-state index in [1.807, 2.05) is 6.07 Å². The molecule has 0 radical (unpaired) electrons. The number of imidazole rings is 1. The standard InChI is InChI=1S/C21H22FN5O2/c1-12-10-28-20(29-11-12)19-26-17(13-2-4-14(22)5-3-13)18(27-19)16-8-9-23-21(25-16)24-15-6-7-15/h2-5,8-9,12,15,20H,6-7,10-11H2,1H3,(H,26,27)(H,23,24,25). The van der Waals surface area contributed by atoms with E-state index in [4.69, 9.17) is 14.5 Å². The molecular weight excluding hydrogens is 373 g/mol. The van der Waals surface area contributed by atoms with Gasteiger partial charge in [0, 0.05) is 23.7 Å². The van der Waals surface area contributed by atoms with E-state index in [-0.39, 0.29) is 5.82 Å². The molecule has 0 spiro atoms. The first-order valence-electron chi connectivity index (χ1n) is 9.85. The van der Waals surface area contributed by atoms with Crippen molar-refractivity contribution in [1.82, 2.24) is 19.9 Å². The van der Waals surface area contributed by atoms with Gasteiger partial charge < -0.3 is 19.8 Å². The fourth-order valence-corrected chi connectivity index (χ4v) is 3.24. The summed E-state index contributed by atoms with van der Waals surface area (Å²) in [6.45, 7) is 3.29. The van der Waals surface area contributed by atoms with E-state index in [1.54, 1.807) is 18.3 Å². The molecule has 2 N–H and O–H groups in total. The molecule has 3 heterocycles. The molecule has 1 aliphatic carbocycles. The van der Waals surface area contributed by atoms with Crippen molar-refractivity contribution in [2.75, 3.05) is 18.5 Å². The second kappa shape index (κ2) is 7.53. The Balaban J connectivity index is 1.54. The lowest BCUT2D eigenvalue weighted by molar-refractivity contribution is -0.205. The molecule has 7 nitrogen and oxygen atoms in total. The van der Waals surface area contributed by atoms with Crippen molar-refractivity contribution in [2.45, 2.75) is 32.1 Å². The van der Waals surface area contributed by atoms with Gasteiger partial charge in [0.25, 0.3) is 0 Å². The Morgan fingerprint density at radius 1 is 1.07 bits per heavy atom. The number of nitrogens with zero attached hydrogens (tertiary/aromatic N) is 3. The van der Waals surface area contributed by atoms with Crippen molar-refractivity contribution in [3.8, 4) is 22.6 Å². The van der Waals surface area contributed by atoms with Gasteiger partial charge in [-0.05, 0) is 43.2 Å². The van der Waals surface area contributed by atoms with E-state index in [0.717, 1.165) is 24.1 Å². The average molecular weight is 395 g/mol. The molecule has 0 amide bonds. The van der Waals surface area contributed by atoms with E-state index in [0.29, 0.717) is 48.3 Å². The fraction of sp³-hybridized carbons (Fsp3) is 0.381. The minimum Gasteiger partial charge on any atom is -0.351 e. The summed E-state index contributed by atoms with van der Waals surface area (Å²) in [7, 11) is 0. The van der Waals surface area contributed by atoms with Crippen LogP contribution in [0.5, 0.6) is 0 Å². The van der Waals surface area contributed by atoms with Crippen molar-refractivity contribution in [2.24, 2.45) is 5.92 Å². The zero-order chi connectivity index (χ0) is 19.8. The third-order valence-electron chi connectivity index (χ3n) is 4.95. The SMILES string of the molecule is CC1COC(c2nc(-c3ccc(F)cc3)c(-c3ccnc(NC4CC4)n3)[nH]2)OC1. The molecule has 1 saturated heterocycles. The highest BCUT2D eigenvalue weighted by atomic mass is 19.1. The van der Waals surface area contributed by atoms with Gasteiger partial charge in [0.15, 0.2) is 5.82 Å². The summed E-state index contributed by atoms with van der Waals surface area (Å²) in [5, 5.41) is 3.31. The van der Waals surface area contributed by atoms with Crippen molar-refractivity contribution >= 4 is 5.95 Å². The van der Waals surface area contributed by atoms with Gasteiger partial charge in [-0.2, -0.15) is 0 Å². The second-order valence-electron chi connectivity index (χ2n) is 7.64. The molecule has 2 aliphatic rings. The number of hydrogen-bond donors (Lipinski definition) is 2. The molecule has 8 heteroatoms. The Labute approximate surface area is 167 Å². The van der Waals surface area contributed by atoms with Gasteiger partial charge in [-0.3, -0.25) is 0 Å². The number of anilines is 1. The van der Waals surface area contributed by atoms with Gasteiger partial charge >= 0.3 is 0 Å². The minimum atomic E-state index is -0.565. The van der Waals surface area contributed by atoms with Gasteiger partial charge in [0.2, 0.25) is 12.2 Å². The first-order chi connectivity index (χ1) is 14.2. The maximum absolute atomic E-state index is 13.4. The predicted octanol–water partition coefficient (Wildman–Crippen LogP) is 3.93. The number of benzene rings is 1. The van der Waals surface area contributed by atoms with E-state index < -0.39 is 6.29 Å². The maximum atomic E-state index is 13.4. The Morgan fingerprint density at radius 2 is 1.83 bits per heavy atom. The Bertz CT molecular complexity index is 995. The Morgan fingerprint density at radius 3 is 2.55 bits per heavy atom. The van der Waals surface area contributed by atoms with Crippen LogP contribution >= 0.6 is 0 Å². The molecule has 0 unspecified atom stereocenters. The number of H-pyrrole nitrogens is 1. The molecular formula is C21H22FN5O2. The summed E-state index contributed by atoms with van der Waals surface area (Å²) < 4.78 is 25.0. The van der Waals surface area contributed by atoms with E-state index >= 15 is 0 Å². The molecule has 1 saturated carbocycles. The highest BCUT2D eigenvalue weighted by Gasteiger charge is 2.27. The van der Waals surface area contributed by atoms with Crippen LogP contribution in [-0.2, 0) is 9.47 Å². The van der Waals surface area contributed by atoms with Gasteiger partial charge in [0.05, 0.1) is 30.3 Å². The molecule has 0 bridgehead atoms.